The predicted octanol–water partition coefficient (Wildman–Crippen LogP) is 2.95. The van der Waals surface area contributed by atoms with E-state index in [0.29, 0.717) is 34.5 Å². The molecular weight excluding hydrogens is 397 g/mol. The Balaban J connectivity index is 1.87. The Morgan fingerprint density at radius 2 is 2.06 bits per heavy atom. The second-order valence-electron chi connectivity index (χ2n) is 6.91. The van der Waals surface area contributed by atoms with Crippen molar-refractivity contribution in [2.24, 2.45) is 0 Å². The first kappa shape index (κ1) is 21.8. The smallest absolute Gasteiger partial charge is 0.254 e. The second-order valence-corrected chi connectivity index (χ2v) is 6.91. The summed E-state index contributed by atoms with van der Waals surface area (Å²) in [5, 5.41) is 16.6. The lowest BCUT2D eigenvalue weighted by atomic mass is 9.96. The average Bonchev–Trinajstić information content (AvgIpc) is 2.80. The molecule has 0 saturated heterocycles. The Morgan fingerprint density at radius 1 is 1.26 bits per heavy atom. The van der Waals surface area contributed by atoms with Crippen LogP contribution in [0.2, 0.25) is 0 Å². The van der Waals surface area contributed by atoms with Crippen LogP contribution in [0.1, 0.15) is 34.5 Å². The molecule has 31 heavy (non-hydrogen) atoms. The summed E-state index contributed by atoms with van der Waals surface area (Å²) in [5.74, 6) is -0.531. The number of benzene rings is 1. The molecule has 0 aliphatic carbocycles. The number of aromatic nitrogens is 3. The first-order valence-corrected chi connectivity index (χ1v) is 9.73. The number of halogens is 1. The molecule has 160 valence electrons. The van der Waals surface area contributed by atoms with Gasteiger partial charge in [0, 0.05) is 56.0 Å². The van der Waals surface area contributed by atoms with E-state index in [1.165, 1.54) is 19.6 Å². The number of nitrogens with one attached hydrogen (secondary N) is 4. The number of hydrogen-bond donors (Lipinski definition) is 4. The highest BCUT2D eigenvalue weighted by atomic mass is 19.1. The molecule has 0 aliphatic heterocycles. The normalized spacial score (nSPS) is 12.3. The molecule has 0 unspecified atom stereocenters. The number of amides is 1. The van der Waals surface area contributed by atoms with E-state index in [1.807, 2.05) is 13.0 Å². The third-order valence-electron chi connectivity index (χ3n) is 4.87. The Kier molecular flexibility index (Phi) is 6.86. The van der Waals surface area contributed by atoms with Crippen molar-refractivity contribution in [3.63, 3.8) is 0 Å². The lowest BCUT2D eigenvalue weighted by molar-refractivity contribution is 0.0961. The number of hydrogen-bond acceptors (Lipinski definition) is 7. The van der Waals surface area contributed by atoms with E-state index in [1.54, 1.807) is 31.4 Å². The maximum absolute atomic E-state index is 14.3. The van der Waals surface area contributed by atoms with Crippen molar-refractivity contribution >= 4 is 34.4 Å². The van der Waals surface area contributed by atoms with Crippen LogP contribution in [0.4, 0.5) is 10.2 Å². The van der Waals surface area contributed by atoms with E-state index in [0.717, 1.165) is 11.8 Å². The van der Waals surface area contributed by atoms with Crippen LogP contribution in [-0.2, 0) is 0 Å². The fourth-order valence-electron chi connectivity index (χ4n) is 3.30. The lowest BCUT2D eigenvalue weighted by Gasteiger charge is -2.17. The summed E-state index contributed by atoms with van der Waals surface area (Å²) in [4.78, 5) is 24.9. The molecule has 0 spiro atoms. The van der Waals surface area contributed by atoms with Gasteiger partial charge >= 0.3 is 0 Å². The monoisotopic (exact) mass is 421 g/mol. The van der Waals surface area contributed by atoms with Crippen LogP contribution in [0.15, 0.2) is 43.0 Å². The maximum atomic E-state index is 14.3. The number of rotatable bonds is 8. The highest BCUT2D eigenvalue weighted by Crippen LogP contribution is 2.28. The Labute approximate surface area is 179 Å². The number of carbonyl (C=O) groups is 1. The van der Waals surface area contributed by atoms with E-state index >= 15 is 0 Å². The van der Waals surface area contributed by atoms with Crippen molar-refractivity contribution in [3.05, 3.63) is 65.6 Å². The quantitative estimate of drug-likeness (QED) is 0.416. The van der Waals surface area contributed by atoms with Gasteiger partial charge in [-0.25, -0.2) is 14.4 Å². The van der Waals surface area contributed by atoms with Gasteiger partial charge in [-0.15, -0.1) is 0 Å². The first-order chi connectivity index (χ1) is 15.0. The summed E-state index contributed by atoms with van der Waals surface area (Å²) in [7, 11) is 3.22. The van der Waals surface area contributed by atoms with Gasteiger partial charge in [0.2, 0.25) is 0 Å². The Morgan fingerprint density at radius 3 is 2.77 bits per heavy atom. The zero-order valence-corrected chi connectivity index (χ0v) is 17.5. The van der Waals surface area contributed by atoms with Gasteiger partial charge in [-0.1, -0.05) is 25.1 Å². The number of anilines is 1. The fraction of sp³-hybridized carbons (Fsp3) is 0.227. The summed E-state index contributed by atoms with van der Waals surface area (Å²) >= 11 is 0. The summed E-state index contributed by atoms with van der Waals surface area (Å²) in [6.45, 7) is 2.54. The highest BCUT2D eigenvalue weighted by molar-refractivity contribution is 6.07. The molecule has 3 aromatic rings. The molecule has 0 saturated carbocycles. The average molecular weight is 421 g/mol. The third-order valence-corrected chi connectivity index (χ3v) is 4.87. The molecule has 0 radical (unpaired) electrons. The predicted molar refractivity (Wildman–Crippen MR) is 120 cm³/mol. The molecule has 0 aliphatic rings. The molecular formula is C22H24FN7O. The Hall–Kier alpha value is -3.88. The van der Waals surface area contributed by atoms with Crippen LogP contribution in [-0.4, -0.2) is 47.7 Å². The number of carbonyl (C=O) groups excluding carboxylic acids is 1. The van der Waals surface area contributed by atoms with Crippen molar-refractivity contribution < 1.29 is 9.18 Å². The van der Waals surface area contributed by atoms with Gasteiger partial charge in [0.05, 0.1) is 23.0 Å². The first-order valence-electron chi connectivity index (χ1n) is 9.73. The van der Waals surface area contributed by atoms with E-state index in [2.05, 4.69) is 30.9 Å². The number of nitrogens with zero attached hydrogens (tertiary/aromatic N) is 3. The highest BCUT2D eigenvalue weighted by Gasteiger charge is 2.19. The topological polar surface area (TPSA) is 116 Å². The molecule has 2 heterocycles. The molecule has 0 fully saturated rings. The van der Waals surface area contributed by atoms with Crippen LogP contribution in [0.25, 0.3) is 16.5 Å². The van der Waals surface area contributed by atoms with Crippen LogP contribution in [0.5, 0.6) is 0 Å². The number of para-hydroxylation sites is 1. The number of fused-ring (bicyclic) bond motifs is 1. The van der Waals surface area contributed by atoms with Gasteiger partial charge in [-0.05, 0) is 5.56 Å². The lowest BCUT2D eigenvalue weighted by Crippen LogP contribution is -2.20. The minimum absolute atomic E-state index is 0.00678. The maximum Gasteiger partial charge on any atom is 0.254 e. The molecule has 8 nitrogen and oxygen atoms in total. The summed E-state index contributed by atoms with van der Waals surface area (Å²) in [5.41, 5.74) is 2.71. The van der Waals surface area contributed by atoms with Crippen LogP contribution in [0, 0.1) is 11.2 Å². The van der Waals surface area contributed by atoms with Crippen molar-refractivity contribution in [2.75, 3.05) is 26.0 Å². The van der Waals surface area contributed by atoms with E-state index in [9.17, 15) is 9.18 Å². The fourth-order valence-corrected chi connectivity index (χ4v) is 3.30. The standard InChI is InChI=1S/C22H24FN7O/c1-13(9-27-19-7-18(29-12-30-19)14(8-24)10-25-2)15-5-4-6-16-20(22(31)26-3)17(23)11-28-21(15)16/h4-8,10-13,24-25H,9H2,1-3H3,(H,26,31)(H,27,29,30)/b14-10+,24-8?/t13-/m1/s1. The molecule has 1 amide bonds. The zero-order valence-electron chi connectivity index (χ0n) is 17.5. The van der Waals surface area contributed by atoms with Crippen LogP contribution in [0.3, 0.4) is 0 Å². The third kappa shape index (κ3) is 4.66. The minimum Gasteiger partial charge on any atom is -0.393 e. The molecule has 1 atom stereocenters. The molecule has 2 aromatic heterocycles. The molecule has 0 bridgehead atoms. The van der Waals surface area contributed by atoms with Crippen molar-refractivity contribution in [3.8, 4) is 0 Å². The van der Waals surface area contributed by atoms with Crippen LogP contribution < -0.4 is 16.0 Å². The van der Waals surface area contributed by atoms with Gasteiger partial charge in [0.15, 0.2) is 5.82 Å². The number of pyridine rings is 1. The van der Waals surface area contributed by atoms with E-state index in [-0.39, 0.29) is 11.5 Å². The van der Waals surface area contributed by atoms with Crippen molar-refractivity contribution in [1.82, 2.24) is 25.6 Å². The molecule has 4 N–H and O–H groups in total. The van der Waals surface area contributed by atoms with E-state index in [4.69, 9.17) is 5.41 Å². The number of allylic oxidation sites excluding steroid dienone is 1. The van der Waals surface area contributed by atoms with Gasteiger partial charge in [-0.3, -0.25) is 9.78 Å². The van der Waals surface area contributed by atoms with Crippen LogP contribution >= 0.6 is 0 Å². The van der Waals surface area contributed by atoms with Gasteiger partial charge in [-0.2, -0.15) is 0 Å². The molecule has 9 heteroatoms. The van der Waals surface area contributed by atoms with Gasteiger partial charge < -0.3 is 21.4 Å². The van der Waals surface area contributed by atoms with Gasteiger partial charge in [0.25, 0.3) is 5.91 Å². The van der Waals surface area contributed by atoms with Crippen molar-refractivity contribution in [2.45, 2.75) is 12.8 Å². The van der Waals surface area contributed by atoms with Crippen molar-refractivity contribution in [1.29, 1.82) is 5.41 Å². The van der Waals surface area contributed by atoms with E-state index < -0.39 is 11.7 Å². The molecule has 3 rings (SSSR count). The summed E-state index contributed by atoms with van der Waals surface area (Å²) in [6.07, 6.45) is 5.43. The zero-order chi connectivity index (χ0) is 22.4. The largest absolute Gasteiger partial charge is 0.393 e. The second kappa shape index (κ2) is 9.75. The molecule has 1 aromatic carbocycles. The van der Waals surface area contributed by atoms with Gasteiger partial charge in [0.1, 0.15) is 12.1 Å². The Bertz CT molecular complexity index is 1150. The summed E-state index contributed by atoms with van der Waals surface area (Å²) in [6, 6.07) is 7.18. The minimum atomic E-state index is -0.653. The SMILES string of the molecule is CN/C=C(\C=N)c1cc(NC[C@@H](C)c2cccc3c(C(=O)NC)c(F)cnc23)ncn1. The summed E-state index contributed by atoms with van der Waals surface area (Å²) < 4.78 is 14.3.